The lowest BCUT2D eigenvalue weighted by atomic mass is 10.1. The molecule has 1 aromatic heterocycles. The molecule has 3 rings (SSSR count). The molecule has 0 aliphatic rings. The Bertz CT molecular complexity index is 972. The molecule has 7 nitrogen and oxygen atoms in total. The topological polar surface area (TPSA) is 131 Å². The van der Waals surface area contributed by atoms with Crippen LogP contribution in [0.2, 0.25) is 0 Å². The Morgan fingerprint density at radius 3 is 2.30 bits per heavy atom. The fraction of sp³-hybridized carbons (Fsp3) is 0.0625. The van der Waals surface area contributed by atoms with Gasteiger partial charge in [-0.05, 0) is 18.2 Å². The van der Waals surface area contributed by atoms with Gasteiger partial charge in [0.2, 0.25) is 0 Å². The number of aliphatic hydroxyl groups excluding tert-OH is 1. The highest BCUT2D eigenvalue weighted by Gasteiger charge is 2.17. The predicted octanol–water partition coefficient (Wildman–Crippen LogP) is 1.77. The summed E-state index contributed by atoms with van der Waals surface area (Å²) in [6.07, 6.45) is 0. The Labute approximate surface area is 128 Å². The zero-order valence-electron chi connectivity index (χ0n) is 11.6. The highest BCUT2D eigenvalue weighted by molar-refractivity contribution is 5.88. The van der Waals surface area contributed by atoms with Crippen molar-refractivity contribution in [1.29, 1.82) is 0 Å². The van der Waals surface area contributed by atoms with E-state index in [4.69, 9.17) is 9.52 Å². The smallest absolute Gasteiger partial charge is 0.197 e. The average molecular weight is 316 g/mol. The second-order valence-electron chi connectivity index (χ2n) is 4.93. The molecule has 5 N–H and O–H groups in total. The molecule has 2 aromatic carbocycles. The Kier molecular flexibility index (Phi) is 3.34. The van der Waals surface area contributed by atoms with Gasteiger partial charge in [0.05, 0.1) is 12.2 Å². The molecule has 0 unspecified atom stereocenters. The van der Waals surface area contributed by atoms with Gasteiger partial charge in [0.25, 0.3) is 0 Å². The summed E-state index contributed by atoms with van der Waals surface area (Å²) in [5.41, 5.74) is -0.502. The van der Waals surface area contributed by atoms with E-state index in [9.17, 15) is 25.2 Å². The summed E-state index contributed by atoms with van der Waals surface area (Å²) in [4.78, 5) is 12.2. The van der Waals surface area contributed by atoms with Crippen LogP contribution in [0.4, 0.5) is 0 Å². The van der Waals surface area contributed by atoms with Crippen LogP contribution >= 0.6 is 0 Å². The number of rotatable bonds is 2. The van der Waals surface area contributed by atoms with Crippen LogP contribution in [0.25, 0.3) is 22.3 Å². The predicted molar refractivity (Wildman–Crippen MR) is 80.5 cm³/mol. The van der Waals surface area contributed by atoms with Crippen molar-refractivity contribution in [2.24, 2.45) is 0 Å². The highest BCUT2D eigenvalue weighted by Crippen LogP contribution is 2.36. The maximum Gasteiger partial charge on any atom is 0.197 e. The minimum Gasteiger partial charge on any atom is -0.507 e. The maximum atomic E-state index is 12.2. The molecular weight excluding hydrogens is 304 g/mol. The zero-order chi connectivity index (χ0) is 16.7. The van der Waals surface area contributed by atoms with E-state index in [0.29, 0.717) is 5.56 Å². The average Bonchev–Trinajstić information content (AvgIpc) is 2.49. The van der Waals surface area contributed by atoms with Crippen LogP contribution in [0.5, 0.6) is 23.0 Å². The Morgan fingerprint density at radius 2 is 1.65 bits per heavy atom. The number of phenolic OH excluding ortho intramolecular Hbond substituents is 2. The Hall–Kier alpha value is -3.19. The third kappa shape index (κ3) is 2.33. The van der Waals surface area contributed by atoms with Crippen LogP contribution in [0.1, 0.15) is 5.56 Å². The Morgan fingerprint density at radius 1 is 0.913 bits per heavy atom. The first-order chi connectivity index (χ1) is 10.9. The lowest BCUT2D eigenvalue weighted by molar-refractivity contribution is 0.269. The van der Waals surface area contributed by atoms with E-state index in [-0.39, 0.29) is 33.8 Å². The maximum absolute atomic E-state index is 12.2. The zero-order valence-corrected chi connectivity index (χ0v) is 11.6. The van der Waals surface area contributed by atoms with Gasteiger partial charge in [-0.2, -0.15) is 0 Å². The van der Waals surface area contributed by atoms with E-state index < -0.39 is 23.5 Å². The molecular formula is C16H12O7. The van der Waals surface area contributed by atoms with Crippen molar-refractivity contribution in [2.45, 2.75) is 6.61 Å². The molecule has 0 atom stereocenters. The van der Waals surface area contributed by atoms with Crippen molar-refractivity contribution in [3.8, 4) is 34.3 Å². The molecule has 23 heavy (non-hydrogen) atoms. The van der Waals surface area contributed by atoms with Crippen LogP contribution in [0, 0.1) is 0 Å². The molecule has 0 aliphatic heterocycles. The summed E-state index contributed by atoms with van der Waals surface area (Å²) in [5, 5.41) is 47.6. The van der Waals surface area contributed by atoms with Crippen LogP contribution in [0.15, 0.2) is 39.5 Å². The van der Waals surface area contributed by atoms with Gasteiger partial charge < -0.3 is 29.9 Å². The van der Waals surface area contributed by atoms with Gasteiger partial charge in [0.1, 0.15) is 28.2 Å². The van der Waals surface area contributed by atoms with Crippen LogP contribution in [0.3, 0.4) is 0 Å². The van der Waals surface area contributed by atoms with E-state index in [1.807, 2.05) is 0 Å². The highest BCUT2D eigenvalue weighted by atomic mass is 16.3. The van der Waals surface area contributed by atoms with Gasteiger partial charge >= 0.3 is 0 Å². The summed E-state index contributed by atoms with van der Waals surface area (Å²) in [6, 6.07) is 6.10. The van der Waals surface area contributed by atoms with Crippen LogP contribution in [-0.4, -0.2) is 25.5 Å². The molecule has 0 amide bonds. The fourth-order valence-corrected chi connectivity index (χ4v) is 2.30. The largest absolute Gasteiger partial charge is 0.507 e. The summed E-state index contributed by atoms with van der Waals surface area (Å²) in [6.45, 7) is -0.638. The van der Waals surface area contributed by atoms with Gasteiger partial charge in [-0.1, -0.05) is 0 Å². The molecule has 3 aromatic rings. The molecule has 0 saturated carbocycles. The van der Waals surface area contributed by atoms with Gasteiger partial charge in [0, 0.05) is 17.7 Å². The first-order valence-corrected chi connectivity index (χ1v) is 6.57. The van der Waals surface area contributed by atoms with Crippen molar-refractivity contribution in [3.63, 3.8) is 0 Å². The number of hydrogen-bond acceptors (Lipinski definition) is 7. The lowest BCUT2D eigenvalue weighted by Crippen LogP contribution is -2.02. The van der Waals surface area contributed by atoms with Crippen molar-refractivity contribution in [3.05, 3.63) is 46.1 Å². The molecule has 0 saturated heterocycles. The number of phenols is 4. The minimum atomic E-state index is -0.638. The number of benzene rings is 2. The van der Waals surface area contributed by atoms with Crippen molar-refractivity contribution in [2.75, 3.05) is 0 Å². The standard InChI is InChI=1S/C16H12O7/c17-6-8-10(19)4-14-15(16(8)22)12(21)5-13(23-14)7-1-2-9(18)11(20)3-7/h1-5,17-20,22H,6H2. The second kappa shape index (κ2) is 5.22. The normalized spacial score (nSPS) is 11.0. The van der Waals surface area contributed by atoms with Crippen LogP contribution in [-0.2, 0) is 6.61 Å². The Balaban J connectivity index is 2.30. The third-order valence-corrected chi connectivity index (χ3v) is 3.49. The fourth-order valence-electron chi connectivity index (χ4n) is 2.30. The molecule has 0 aliphatic carbocycles. The quantitative estimate of drug-likeness (QED) is 0.455. The van der Waals surface area contributed by atoms with E-state index in [1.165, 1.54) is 18.2 Å². The lowest BCUT2D eigenvalue weighted by Gasteiger charge is -2.09. The molecule has 0 radical (unpaired) electrons. The molecule has 118 valence electrons. The van der Waals surface area contributed by atoms with Gasteiger partial charge in [-0.3, -0.25) is 4.79 Å². The van der Waals surface area contributed by atoms with E-state index in [0.717, 1.165) is 12.1 Å². The van der Waals surface area contributed by atoms with Crippen molar-refractivity contribution in [1.82, 2.24) is 0 Å². The van der Waals surface area contributed by atoms with E-state index >= 15 is 0 Å². The van der Waals surface area contributed by atoms with Gasteiger partial charge in [0.15, 0.2) is 16.9 Å². The van der Waals surface area contributed by atoms with E-state index in [2.05, 4.69) is 0 Å². The first kappa shape index (κ1) is 14.7. The number of fused-ring (bicyclic) bond motifs is 1. The number of aliphatic hydroxyl groups is 1. The summed E-state index contributed by atoms with van der Waals surface area (Å²) >= 11 is 0. The monoisotopic (exact) mass is 316 g/mol. The van der Waals surface area contributed by atoms with Gasteiger partial charge in [-0.25, -0.2) is 0 Å². The first-order valence-electron chi connectivity index (χ1n) is 6.57. The van der Waals surface area contributed by atoms with Crippen molar-refractivity contribution >= 4 is 11.0 Å². The number of aromatic hydroxyl groups is 4. The second-order valence-corrected chi connectivity index (χ2v) is 4.93. The third-order valence-electron chi connectivity index (χ3n) is 3.49. The molecule has 0 spiro atoms. The van der Waals surface area contributed by atoms with Crippen LogP contribution < -0.4 is 5.43 Å². The summed E-state index contributed by atoms with van der Waals surface area (Å²) < 4.78 is 5.49. The van der Waals surface area contributed by atoms with E-state index in [1.54, 1.807) is 0 Å². The number of hydrogen-bond donors (Lipinski definition) is 5. The minimum absolute atomic E-state index is 0.0766. The molecule has 7 heteroatoms. The molecule has 1 heterocycles. The van der Waals surface area contributed by atoms with Gasteiger partial charge in [-0.15, -0.1) is 0 Å². The molecule has 0 bridgehead atoms. The van der Waals surface area contributed by atoms with Crippen molar-refractivity contribution < 1.29 is 29.9 Å². The summed E-state index contributed by atoms with van der Waals surface area (Å²) in [5.74, 6) is -1.58. The summed E-state index contributed by atoms with van der Waals surface area (Å²) in [7, 11) is 0. The SMILES string of the molecule is O=c1cc(-c2ccc(O)c(O)c2)oc2cc(O)c(CO)c(O)c12. The molecule has 0 fully saturated rings.